The summed E-state index contributed by atoms with van der Waals surface area (Å²) in [5.41, 5.74) is -0.148. The third kappa shape index (κ3) is 3.63. The maximum Gasteiger partial charge on any atom is 0.387 e. The number of halogens is 3. The summed E-state index contributed by atoms with van der Waals surface area (Å²) in [6, 6.07) is 2.67. The van der Waals surface area contributed by atoms with E-state index in [-0.39, 0.29) is 5.56 Å². The van der Waals surface area contributed by atoms with Crippen LogP contribution < -0.4 is 4.74 Å². The molecule has 0 bridgehead atoms. The van der Waals surface area contributed by atoms with Gasteiger partial charge in [-0.2, -0.15) is 8.78 Å². The lowest BCUT2D eigenvalue weighted by Gasteiger charge is -2.14. The standard InChI is InChI=1S/C10H10F3NO3/c1-14(16-2)9(15)6-3-7(11)5-8(4-6)17-10(12)13/h3-5,10H,1-2H3. The molecule has 0 fully saturated rings. The van der Waals surface area contributed by atoms with Crippen LogP contribution in [0.25, 0.3) is 0 Å². The lowest BCUT2D eigenvalue weighted by atomic mass is 10.2. The van der Waals surface area contributed by atoms with E-state index >= 15 is 0 Å². The number of alkyl halides is 2. The first-order valence-electron chi connectivity index (χ1n) is 4.51. The van der Waals surface area contributed by atoms with Crippen LogP contribution in [0.3, 0.4) is 0 Å². The minimum absolute atomic E-state index is 0.148. The summed E-state index contributed by atoms with van der Waals surface area (Å²) in [6.45, 7) is -3.08. The number of nitrogens with zero attached hydrogens (tertiary/aromatic N) is 1. The number of hydrogen-bond acceptors (Lipinski definition) is 3. The zero-order valence-electron chi connectivity index (χ0n) is 9.12. The molecule has 0 aliphatic carbocycles. The van der Waals surface area contributed by atoms with Gasteiger partial charge >= 0.3 is 6.61 Å². The Morgan fingerprint density at radius 3 is 2.53 bits per heavy atom. The summed E-state index contributed by atoms with van der Waals surface area (Å²) >= 11 is 0. The molecule has 1 aromatic rings. The molecule has 1 rings (SSSR count). The Morgan fingerprint density at radius 2 is 2.00 bits per heavy atom. The maximum absolute atomic E-state index is 13.1. The quantitative estimate of drug-likeness (QED) is 0.767. The second-order valence-corrected chi connectivity index (χ2v) is 3.04. The zero-order valence-corrected chi connectivity index (χ0v) is 9.12. The van der Waals surface area contributed by atoms with E-state index in [2.05, 4.69) is 9.57 Å². The van der Waals surface area contributed by atoms with Gasteiger partial charge in [0.15, 0.2) is 0 Å². The number of benzene rings is 1. The number of hydrogen-bond donors (Lipinski definition) is 0. The molecule has 0 N–H and O–H groups in total. The van der Waals surface area contributed by atoms with Gasteiger partial charge in [-0.25, -0.2) is 9.45 Å². The van der Waals surface area contributed by atoms with Gasteiger partial charge in [0.25, 0.3) is 5.91 Å². The van der Waals surface area contributed by atoms with Crippen LogP contribution in [-0.4, -0.2) is 31.7 Å². The molecule has 0 radical (unpaired) electrons. The Bertz CT molecular complexity index is 412. The Balaban J connectivity index is 3.00. The van der Waals surface area contributed by atoms with Crippen molar-refractivity contribution in [3.05, 3.63) is 29.6 Å². The summed E-state index contributed by atoms with van der Waals surface area (Å²) in [5.74, 6) is -1.95. The molecular formula is C10H10F3NO3. The molecule has 0 saturated carbocycles. The molecule has 0 aliphatic heterocycles. The summed E-state index contributed by atoms with van der Waals surface area (Å²) in [5, 5.41) is 0.834. The molecule has 94 valence electrons. The minimum atomic E-state index is -3.08. The Morgan fingerprint density at radius 1 is 1.35 bits per heavy atom. The van der Waals surface area contributed by atoms with Crippen molar-refractivity contribution >= 4 is 5.91 Å². The highest BCUT2D eigenvalue weighted by atomic mass is 19.3. The van der Waals surface area contributed by atoms with Crippen LogP contribution in [0.4, 0.5) is 13.2 Å². The molecule has 0 saturated heterocycles. The summed E-state index contributed by atoms with van der Waals surface area (Å²) in [7, 11) is 2.55. The number of carbonyl (C=O) groups is 1. The molecule has 17 heavy (non-hydrogen) atoms. The van der Waals surface area contributed by atoms with Crippen LogP contribution in [0.2, 0.25) is 0 Å². The lowest BCUT2D eigenvalue weighted by molar-refractivity contribution is -0.0758. The fourth-order valence-electron chi connectivity index (χ4n) is 1.12. The molecular weight excluding hydrogens is 239 g/mol. The van der Waals surface area contributed by atoms with E-state index in [9.17, 15) is 18.0 Å². The van der Waals surface area contributed by atoms with Gasteiger partial charge in [-0.05, 0) is 12.1 Å². The molecule has 7 heteroatoms. The van der Waals surface area contributed by atoms with Crippen LogP contribution in [0.15, 0.2) is 18.2 Å². The van der Waals surface area contributed by atoms with Crippen molar-refractivity contribution in [3.8, 4) is 5.75 Å². The first-order valence-corrected chi connectivity index (χ1v) is 4.51. The molecule has 4 nitrogen and oxygen atoms in total. The van der Waals surface area contributed by atoms with E-state index in [1.807, 2.05) is 0 Å². The molecule has 0 spiro atoms. The van der Waals surface area contributed by atoms with E-state index in [4.69, 9.17) is 0 Å². The highest BCUT2D eigenvalue weighted by Crippen LogP contribution is 2.19. The average Bonchev–Trinajstić information content (AvgIpc) is 2.25. The average molecular weight is 249 g/mol. The normalized spacial score (nSPS) is 10.5. The number of rotatable bonds is 4. The lowest BCUT2D eigenvalue weighted by Crippen LogP contribution is -2.25. The largest absolute Gasteiger partial charge is 0.435 e. The van der Waals surface area contributed by atoms with Gasteiger partial charge in [-0.3, -0.25) is 9.63 Å². The third-order valence-corrected chi connectivity index (χ3v) is 1.90. The first-order chi connectivity index (χ1) is 7.93. The van der Waals surface area contributed by atoms with Crippen molar-refractivity contribution in [3.63, 3.8) is 0 Å². The predicted molar refractivity (Wildman–Crippen MR) is 52.1 cm³/mol. The monoisotopic (exact) mass is 249 g/mol. The minimum Gasteiger partial charge on any atom is -0.435 e. The van der Waals surface area contributed by atoms with Crippen molar-refractivity contribution in [1.82, 2.24) is 5.06 Å². The Kier molecular flexibility index (Phi) is 4.33. The zero-order chi connectivity index (χ0) is 13.0. The van der Waals surface area contributed by atoms with Crippen LogP contribution >= 0.6 is 0 Å². The highest BCUT2D eigenvalue weighted by molar-refractivity contribution is 5.93. The van der Waals surface area contributed by atoms with E-state index in [1.54, 1.807) is 0 Å². The van der Waals surface area contributed by atoms with Crippen LogP contribution in [0.1, 0.15) is 10.4 Å². The predicted octanol–water partition coefficient (Wildman–Crippen LogP) is 2.06. The number of ether oxygens (including phenoxy) is 1. The van der Waals surface area contributed by atoms with Gasteiger partial charge in [-0.15, -0.1) is 0 Å². The van der Waals surface area contributed by atoms with E-state index in [1.165, 1.54) is 14.2 Å². The summed E-state index contributed by atoms with van der Waals surface area (Å²) in [6.07, 6.45) is 0. The topological polar surface area (TPSA) is 38.8 Å². The smallest absolute Gasteiger partial charge is 0.387 e. The van der Waals surface area contributed by atoms with Gasteiger partial charge < -0.3 is 4.74 Å². The molecule has 1 amide bonds. The van der Waals surface area contributed by atoms with Gasteiger partial charge in [-0.1, -0.05) is 0 Å². The van der Waals surface area contributed by atoms with Crippen LogP contribution in [-0.2, 0) is 4.84 Å². The molecule has 1 aromatic carbocycles. The van der Waals surface area contributed by atoms with Crippen LogP contribution in [0, 0.1) is 5.82 Å². The van der Waals surface area contributed by atoms with Gasteiger partial charge in [0.2, 0.25) is 0 Å². The SMILES string of the molecule is CON(C)C(=O)c1cc(F)cc(OC(F)F)c1. The first kappa shape index (κ1) is 13.3. The summed E-state index contributed by atoms with van der Waals surface area (Å²) in [4.78, 5) is 16.2. The second kappa shape index (κ2) is 5.53. The van der Waals surface area contributed by atoms with E-state index in [0.29, 0.717) is 0 Å². The number of carbonyl (C=O) groups excluding carboxylic acids is 1. The van der Waals surface area contributed by atoms with Gasteiger partial charge in [0.05, 0.1) is 7.11 Å². The maximum atomic E-state index is 13.1. The Hall–Kier alpha value is -1.76. The van der Waals surface area contributed by atoms with Crippen molar-refractivity contribution in [2.75, 3.05) is 14.2 Å². The van der Waals surface area contributed by atoms with E-state index in [0.717, 1.165) is 23.3 Å². The van der Waals surface area contributed by atoms with Gasteiger partial charge in [0.1, 0.15) is 11.6 Å². The van der Waals surface area contributed by atoms with Crippen molar-refractivity contribution in [2.45, 2.75) is 6.61 Å². The second-order valence-electron chi connectivity index (χ2n) is 3.04. The molecule has 0 atom stereocenters. The Labute approximate surface area is 95.5 Å². The molecule has 0 unspecified atom stereocenters. The fraction of sp³-hybridized carbons (Fsp3) is 0.300. The summed E-state index contributed by atoms with van der Waals surface area (Å²) < 4.78 is 41.0. The van der Waals surface area contributed by atoms with Crippen molar-refractivity contribution in [2.24, 2.45) is 0 Å². The van der Waals surface area contributed by atoms with Crippen LogP contribution in [0.5, 0.6) is 5.75 Å². The van der Waals surface area contributed by atoms with E-state index < -0.39 is 24.1 Å². The fourth-order valence-corrected chi connectivity index (χ4v) is 1.12. The molecule has 0 heterocycles. The van der Waals surface area contributed by atoms with Gasteiger partial charge in [0, 0.05) is 18.7 Å². The highest BCUT2D eigenvalue weighted by Gasteiger charge is 2.15. The third-order valence-electron chi connectivity index (χ3n) is 1.90. The number of hydroxylamine groups is 2. The van der Waals surface area contributed by atoms with Crippen molar-refractivity contribution in [1.29, 1.82) is 0 Å². The molecule has 0 aromatic heterocycles. The number of amides is 1. The molecule has 0 aliphatic rings. The van der Waals surface area contributed by atoms with Crippen molar-refractivity contribution < 1.29 is 27.5 Å².